The molecule has 3 nitrogen and oxygen atoms in total. The second kappa shape index (κ2) is 4.84. The summed E-state index contributed by atoms with van der Waals surface area (Å²) in [6.07, 6.45) is 0. The molecule has 0 fully saturated rings. The molecule has 0 aliphatic rings. The molecule has 2 rings (SSSR count). The van der Waals surface area contributed by atoms with E-state index in [0.29, 0.717) is 17.4 Å². The Bertz CT molecular complexity index is 545. The molecule has 0 amide bonds. The van der Waals surface area contributed by atoms with Crippen LogP contribution in [-0.2, 0) is 4.74 Å². The van der Waals surface area contributed by atoms with Crippen molar-refractivity contribution in [3.05, 3.63) is 28.8 Å². The predicted molar refractivity (Wildman–Crippen MR) is 69.7 cm³/mol. The summed E-state index contributed by atoms with van der Waals surface area (Å²) in [5, 5.41) is 1.00. The Balaban J connectivity index is 2.40. The molecule has 0 unspecified atom stereocenters. The van der Waals surface area contributed by atoms with E-state index in [-0.39, 0.29) is 5.97 Å². The van der Waals surface area contributed by atoms with Gasteiger partial charge in [-0.1, -0.05) is 19.9 Å². The number of fused-ring (bicyclic) bond motifs is 1. The van der Waals surface area contributed by atoms with E-state index in [1.165, 1.54) is 11.3 Å². The molecule has 90 valence electrons. The van der Waals surface area contributed by atoms with Gasteiger partial charge in [0.05, 0.1) is 6.61 Å². The van der Waals surface area contributed by atoms with Gasteiger partial charge in [-0.2, -0.15) is 0 Å². The van der Waals surface area contributed by atoms with Crippen LogP contribution >= 0.6 is 11.3 Å². The van der Waals surface area contributed by atoms with Gasteiger partial charge >= 0.3 is 5.97 Å². The zero-order valence-corrected chi connectivity index (χ0v) is 11.0. The maximum atomic E-state index is 11.6. The van der Waals surface area contributed by atoms with Crippen LogP contribution in [0.3, 0.4) is 0 Å². The van der Waals surface area contributed by atoms with E-state index >= 15 is 0 Å². The summed E-state index contributed by atoms with van der Waals surface area (Å²) in [7, 11) is 0. The van der Waals surface area contributed by atoms with Crippen LogP contribution in [0.4, 0.5) is 0 Å². The Hall–Kier alpha value is -1.42. The highest BCUT2D eigenvalue weighted by Crippen LogP contribution is 2.26. The fourth-order valence-corrected chi connectivity index (χ4v) is 2.49. The van der Waals surface area contributed by atoms with E-state index in [0.717, 1.165) is 15.9 Å². The largest absolute Gasteiger partial charge is 0.462 e. The van der Waals surface area contributed by atoms with Crippen molar-refractivity contribution in [3.8, 4) is 0 Å². The van der Waals surface area contributed by atoms with Gasteiger partial charge < -0.3 is 4.74 Å². The average molecular weight is 249 g/mol. The lowest BCUT2D eigenvalue weighted by atomic mass is 10.1. The molecule has 0 atom stereocenters. The standard InChI is InChI=1S/C13H15NO2S/c1-4-16-13(15)11-7-9-5-6-10(8(2)3)14-12(9)17-11/h5-8H,4H2,1-3H3. The van der Waals surface area contributed by atoms with Crippen LogP contribution in [0.25, 0.3) is 10.2 Å². The molecule has 0 aliphatic carbocycles. The van der Waals surface area contributed by atoms with Crippen molar-refractivity contribution in [1.29, 1.82) is 0 Å². The van der Waals surface area contributed by atoms with Gasteiger partial charge in [-0.15, -0.1) is 11.3 Å². The SMILES string of the molecule is CCOC(=O)c1cc2ccc(C(C)C)nc2s1. The van der Waals surface area contributed by atoms with E-state index in [1.54, 1.807) is 6.92 Å². The zero-order valence-electron chi connectivity index (χ0n) is 10.2. The topological polar surface area (TPSA) is 39.2 Å². The van der Waals surface area contributed by atoms with Gasteiger partial charge in [0.1, 0.15) is 9.71 Å². The highest BCUT2D eigenvalue weighted by Gasteiger charge is 2.12. The Morgan fingerprint density at radius 2 is 2.24 bits per heavy atom. The number of carbonyl (C=O) groups is 1. The van der Waals surface area contributed by atoms with Gasteiger partial charge in [0.25, 0.3) is 0 Å². The van der Waals surface area contributed by atoms with Crippen LogP contribution in [0.5, 0.6) is 0 Å². The molecule has 17 heavy (non-hydrogen) atoms. The molecular weight excluding hydrogens is 234 g/mol. The van der Waals surface area contributed by atoms with Gasteiger partial charge in [-0.25, -0.2) is 9.78 Å². The first-order valence-electron chi connectivity index (χ1n) is 5.69. The second-order valence-corrected chi connectivity index (χ2v) is 5.15. The molecule has 2 aromatic heterocycles. The quantitative estimate of drug-likeness (QED) is 0.780. The molecule has 0 saturated heterocycles. The van der Waals surface area contributed by atoms with Gasteiger partial charge in [0.2, 0.25) is 0 Å². The Kier molecular flexibility index (Phi) is 3.43. The Labute approximate surface area is 104 Å². The monoisotopic (exact) mass is 249 g/mol. The Morgan fingerprint density at radius 1 is 1.47 bits per heavy atom. The van der Waals surface area contributed by atoms with E-state index < -0.39 is 0 Å². The molecule has 0 aromatic carbocycles. The van der Waals surface area contributed by atoms with Gasteiger partial charge in [-0.3, -0.25) is 0 Å². The van der Waals surface area contributed by atoms with Crippen molar-refractivity contribution < 1.29 is 9.53 Å². The van der Waals surface area contributed by atoms with Crippen molar-refractivity contribution in [1.82, 2.24) is 4.98 Å². The summed E-state index contributed by atoms with van der Waals surface area (Å²) in [6, 6.07) is 5.86. The molecule has 0 aliphatic heterocycles. The third kappa shape index (κ3) is 2.47. The number of rotatable bonds is 3. The van der Waals surface area contributed by atoms with Crippen LogP contribution in [-0.4, -0.2) is 17.6 Å². The third-order valence-electron chi connectivity index (χ3n) is 2.47. The fourth-order valence-electron chi connectivity index (χ4n) is 1.56. The Morgan fingerprint density at radius 3 is 2.88 bits per heavy atom. The van der Waals surface area contributed by atoms with Crippen LogP contribution in [0.2, 0.25) is 0 Å². The smallest absolute Gasteiger partial charge is 0.348 e. The van der Waals surface area contributed by atoms with Gasteiger partial charge in [0, 0.05) is 11.1 Å². The molecule has 0 bridgehead atoms. The molecule has 0 spiro atoms. The lowest BCUT2D eigenvalue weighted by Crippen LogP contribution is -2.01. The fraction of sp³-hybridized carbons (Fsp3) is 0.385. The normalized spacial score (nSPS) is 11.1. The summed E-state index contributed by atoms with van der Waals surface area (Å²) in [5.41, 5.74) is 1.05. The molecule has 2 heterocycles. The minimum Gasteiger partial charge on any atom is -0.462 e. The average Bonchev–Trinajstić information content (AvgIpc) is 2.71. The number of thiophene rings is 1. The van der Waals surface area contributed by atoms with Crippen LogP contribution in [0, 0.1) is 0 Å². The first kappa shape index (κ1) is 12.0. The number of hydrogen-bond acceptors (Lipinski definition) is 4. The number of pyridine rings is 1. The number of ether oxygens (including phenoxy) is 1. The first-order chi connectivity index (χ1) is 8.11. The third-order valence-corrected chi connectivity index (χ3v) is 3.50. The van der Waals surface area contributed by atoms with Crippen molar-refractivity contribution >= 4 is 27.5 Å². The maximum Gasteiger partial charge on any atom is 0.348 e. The highest BCUT2D eigenvalue weighted by atomic mass is 32.1. The van der Waals surface area contributed by atoms with E-state index in [2.05, 4.69) is 18.8 Å². The minimum absolute atomic E-state index is 0.262. The van der Waals surface area contributed by atoms with Crippen molar-refractivity contribution in [2.45, 2.75) is 26.7 Å². The molecule has 0 radical (unpaired) electrons. The lowest BCUT2D eigenvalue weighted by Gasteiger charge is -2.02. The number of nitrogens with zero attached hydrogens (tertiary/aromatic N) is 1. The first-order valence-corrected chi connectivity index (χ1v) is 6.51. The van der Waals surface area contributed by atoms with Crippen LogP contribution in [0.1, 0.15) is 42.1 Å². The predicted octanol–water partition coefficient (Wildman–Crippen LogP) is 3.60. The molecular formula is C13H15NO2S. The number of hydrogen-bond donors (Lipinski definition) is 0. The van der Waals surface area contributed by atoms with E-state index in [1.807, 2.05) is 18.2 Å². The number of aromatic nitrogens is 1. The van der Waals surface area contributed by atoms with E-state index in [9.17, 15) is 4.79 Å². The van der Waals surface area contributed by atoms with Crippen LogP contribution in [0.15, 0.2) is 18.2 Å². The van der Waals surface area contributed by atoms with Crippen molar-refractivity contribution in [3.63, 3.8) is 0 Å². The van der Waals surface area contributed by atoms with Gasteiger partial charge in [-0.05, 0) is 25.0 Å². The summed E-state index contributed by atoms with van der Waals surface area (Å²) < 4.78 is 4.98. The number of carbonyl (C=O) groups excluding carboxylic acids is 1. The zero-order chi connectivity index (χ0) is 12.4. The molecule has 4 heteroatoms. The summed E-state index contributed by atoms with van der Waals surface area (Å²) in [6.45, 7) is 6.42. The summed E-state index contributed by atoms with van der Waals surface area (Å²) >= 11 is 1.39. The molecule has 2 aromatic rings. The molecule has 0 saturated carbocycles. The lowest BCUT2D eigenvalue weighted by molar-refractivity contribution is 0.0532. The van der Waals surface area contributed by atoms with Crippen molar-refractivity contribution in [2.75, 3.05) is 6.61 Å². The number of esters is 1. The van der Waals surface area contributed by atoms with Crippen molar-refractivity contribution in [2.24, 2.45) is 0 Å². The highest BCUT2D eigenvalue weighted by molar-refractivity contribution is 7.20. The second-order valence-electron chi connectivity index (χ2n) is 4.12. The van der Waals surface area contributed by atoms with Crippen LogP contribution < -0.4 is 0 Å². The molecule has 0 N–H and O–H groups in total. The van der Waals surface area contributed by atoms with Gasteiger partial charge in [0.15, 0.2) is 0 Å². The maximum absolute atomic E-state index is 11.6. The summed E-state index contributed by atoms with van der Waals surface area (Å²) in [4.78, 5) is 17.7. The van der Waals surface area contributed by atoms with E-state index in [4.69, 9.17) is 4.74 Å². The summed E-state index contributed by atoms with van der Waals surface area (Å²) in [5.74, 6) is 0.133. The minimum atomic E-state index is -0.262.